The van der Waals surface area contributed by atoms with Crippen LogP contribution >= 0.6 is 0 Å². The summed E-state index contributed by atoms with van der Waals surface area (Å²) in [6, 6.07) is 19.3. The first kappa shape index (κ1) is 25.1. The number of rotatable bonds is 9. The van der Waals surface area contributed by atoms with Gasteiger partial charge in [-0.3, -0.25) is 0 Å². The number of benzene rings is 3. The highest BCUT2D eigenvalue weighted by molar-refractivity contribution is 5.80. The summed E-state index contributed by atoms with van der Waals surface area (Å²) in [6.45, 7) is 10.0. The first-order valence-electron chi connectivity index (χ1n) is 11.5. The molecule has 0 aliphatic rings. The molecule has 0 saturated carbocycles. The number of hydrogen-bond donors (Lipinski definition) is 3. The maximum Gasteiger partial charge on any atom is 0.511 e. The van der Waals surface area contributed by atoms with E-state index in [-0.39, 0.29) is 17.8 Å². The zero-order chi connectivity index (χ0) is 24.7. The lowest BCUT2D eigenvalue weighted by atomic mass is 9.83. The van der Waals surface area contributed by atoms with Gasteiger partial charge in [0.15, 0.2) is 0 Å². The largest absolute Gasteiger partial charge is 0.511 e. The van der Waals surface area contributed by atoms with Gasteiger partial charge in [0.1, 0.15) is 11.5 Å². The molecule has 0 bridgehead atoms. The van der Waals surface area contributed by atoms with Gasteiger partial charge >= 0.3 is 6.16 Å². The summed E-state index contributed by atoms with van der Waals surface area (Å²) in [5.41, 5.74) is 6.18. The van der Waals surface area contributed by atoms with Gasteiger partial charge in [-0.25, -0.2) is 4.79 Å². The predicted octanol–water partition coefficient (Wildman–Crippen LogP) is 6.57. The molecule has 0 radical (unpaired) electrons. The molecule has 180 valence electrons. The van der Waals surface area contributed by atoms with Crippen molar-refractivity contribution >= 4 is 11.8 Å². The lowest BCUT2D eigenvalue weighted by molar-refractivity contribution is 0.144. The molecule has 6 heteroatoms. The smallest absolute Gasteiger partial charge is 0.493 e. The lowest BCUT2D eigenvalue weighted by Gasteiger charge is -2.25. The molecule has 0 heterocycles. The molecular weight excluding hydrogens is 430 g/mol. The van der Waals surface area contributed by atoms with E-state index in [4.69, 9.17) is 14.6 Å². The van der Waals surface area contributed by atoms with E-state index >= 15 is 0 Å². The van der Waals surface area contributed by atoms with Crippen LogP contribution in [-0.4, -0.2) is 36.1 Å². The van der Waals surface area contributed by atoms with Crippen LogP contribution in [0.1, 0.15) is 39.7 Å². The van der Waals surface area contributed by atoms with Crippen molar-refractivity contribution in [1.82, 2.24) is 0 Å². The normalized spacial score (nSPS) is 11.2. The van der Waals surface area contributed by atoms with Gasteiger partial charge in [-0.05, 0) is 71.0 Å². The maximum absolute atomic E-state index is 10.8. The SMILES string of the molecule is CCNc1ccc(-c2cc(-c3ccc(OC(=O)O)cc3)ccc2OCCCO)cc1C(C)(C)C. The molecule has 6 nitrogen and oxygen atoms in total. The molecule has 0 aliphatic heterocycles. The molecule has 0 aromatic heterocycles. The van der Waals surface area contributed by atoms with Crippen molar-refractivity contribution in [2.75, 3.05) is 25.1 Å². The molecule has 3 rings (SSSR count). The average molecular weight is 464 g/mol. The van der Waals surface area contributed by atoms with Crippen LogP contribution in [0.25, 0.3) is 22.3 Å². The van der Waals surface area contributed by atoms with Crippen molar-refractivity contribution in [3.63, 3.8) is 0 Å². The second kappa shape index (κ2) is 11.1. The van der Waals surface area contributed by atoms with E-state index in [1.165, 1.54) is 5.56 Å². The second-order valence-corrected chi connectivity index (χ2v) is 9.07. The standard InChI is InChI=1S/C28H33NO5/c1-5-29-25-13-9-21(18-24(25)28(2,3)4)23-17-20(10-14-26(23)33-16-6-15-30)19-7-11-22(12-8-19)34-27(31)32/h7-14,17-18,29-30H,5-6,15-16H2,1-4H3,(H,31,32). The third-order valence-electron chi connectivity index (χ3n) is 5.44. The third kappa shape index (κ3) is 6.29. The maximum atomic E-state index is 10.8. The van der Waals surface area contributed by atoms with Crippen LogP contribution in [0.5, 0.6) is 11.5 Å². The topological polar surface area (TPSA) is 88.0 Å². The fourth-order valence-electron chi connectivity index (χ4n) is 3.80. The van der Waals surface area contributed by atoms with Gasteiger partial charge in [-0.15, -0.1) is 0 Å². The first-order valence-corrected chi connectivity index (χ1v) is 11.5. The van der Waals surface area contributed by atoms with Crippen molar-refractivity contribution in [3.8, 4) is 33.8 Å². The van der Waals surface area contributed by atoms with Gasteiger partial charge in [0.05, 0.1) is 6.61 Å². The number of ether oxygens (including phenoxy) is 2. The van der Waals surface area contributed by atoms with Crippen LogP contribution in [0, 0.1) is 0 Å². The van der Waals surface area contributed by atoms with Crippen LogP contribution in [0.2, 0.25) is 0 Å². The van der Waals surface area contributed by atoms with E-state index in [1.54, 1.807) is 12.1 Å². The highest BCUT2D eigenvalue weighted by atomic mass is 16.7. The molecule has 0 aliphatic carbocycles. The van der Waals surface area contributed by atoms with Crippen molar-refractivity contribution in [2.24, 2.45) is 0 Å². The zero-order valence-corrected chi connectivity index (χ0v) is 20.2. The Morgan fingerprint density at radius 3 is 2.24 bits per heavy atom. The number of aliphatic hydroxyl groups is 1. The monoisotopic (exact) mass is 463 g/mol. The van der Waals surface area contributed by atoms with Crippen LogP contribution in [-0.2, 0) is 5.41 Å². The first-order chi connectivity index (χ1) is 16.2. The van der Waals surface area contributed by atoms with Gasteiger partial charge in [-0.1, -0.05) is 45.0 Å². The van der Waals surface area contributed by atoms with Crippen LogP contribution in [0.15, 0.2) is 60.7 Å². The number of carbonyl (C=O) groups is 1. The molecule has 0 amide bonds. The summed E-state index contributed by atoms with van der Waals surface area (Å²) >= 11 is 0. The Morgan fingerprint density at radius 1 is 0.941 bits per heavy atom. The van der Waals surface area contributed by atoms with E-state index in [1.807, 2.05) is 24.3 Å². The third-order valence-corrected chi connectivity index (χ3v) is 5.44. The van der Waals surface area contributed by atoms with E-state index in [0.717, 1.165) is 40.2 Å². The summed E-state index contributed by atoms with van der Waals surface area (Å²) in [5, 5.41) is 21.4. The molecule has 0 atom stereocenters. The Hall–Kier alpha value is -3.51. The highest BCUT2D eigenvalue weighted by Crippen LogP contribution is 2.39. The molecule has 0 saturated heterocycles. The van der Waals surface area contributed by atoms with Crippen LogP contribution in [0.4, 0.5) is 10.5 Å². The van der Waals surface area contributed by atoms with Gasteiger partial charge in [0, 0.05) is 30.8 Å². The summed E-state index contributed by atoms with van der Waals surface area (Å²) in [4.78, 5) is 10.8. The average Bonchev–Trinajstić information content (AvgIpc) is 2.79. The Kier molecular flexibility index (Phi) is 8.18. The van der Waals surface area contributed by atoms with Gasteiger partial charge < -0.3 is 25.0 Å². The van der Waals surface area contributed by atoms with Gasteiger partial charge in [0.25, 0.3) is 0 Å². The lowest BCUT2D eigenvalue weighted by Crippen LogP contribution is -2.15. The fraction of sp³-hybridized carbons (Fsp3) is 0.321. The Bertz CT molecular complexity index is 1120. The van der Waals surface area contributed by atoms with Crippen LogP contribution in [0.3, 0.4) is 0 Å². The minimum atomic E-state index is -1.34. The Morgan fingerprint density at radius 2 is 1.62 bits per heavy atom. The van der Waals surface area contributed by atoms with Crippen molar-refractivity contribution in [1.29, 1.82) is 0 Å². The predicted molar refractivity (Wildman–Crippen MR) is 136 cm³/mol. The summed E-state index contributed by atoms with van der Waals surface area (Å²) in [7, 11) is 0. The molecule has 34 heavy (non-hydrogen) atoms. The van der Waals surface area contributed by atoms with E-state index in [0.29, 0.717) is 13.0 Å². The minimum Gasteiger partial charge on any atom is -0.493 e. The molecule has 0 fully saturated rings. The second-order valence-electron chi connectivity index (χ2n) is 9.07. The number of aliphatic hydroxyl groups excluding tert-OH is 1. The van der Waals surface area contributed by atoms with Crippen molar-refractivity contribution < 1.29 is 24.5 Å². The number of hydrogen-bond acceptors (Lipinski definition) is 5. The highest BCUT2D eigenvalue weighted by Gasteiger charge is 2.20. The number of nitrogens with one attached hydrogen (secondary N) is 1. The Labute approximate surface area is 201 Å². The molecule has 0 unspecified atom stereocenters. The minimum absolute atomic E-state index is 0.0526. The fourth-order valence-corrected chi connectivity index (χ4v) is 3.80. The van der Waals surface area contributed by atoms with Crippen LogP contribution < -0.4 is 14.8 Å². The summed E-state index contributed by atoms with van der Waals surface area (Å²) < 4.78 is 10.7. The Balaban J connectivity index is 2.07. The molecule has 3 aromatic rings. The molecule has 3 N–H and O–H groups in total. The van der Waals surface area contributed by atoms with E-state index < -0.39 is 6.16 Å². The quantitative estimate of drug-likeness (QED) is 0.189. The number of carboxylic acid groups (broad SMARTS) is 1. The number of anilines is 1. The van der Waals surface area contributed by atoms with E-state index in [2.05, 4.69) is 57.3 Å². The van der Waals surface area contributed by atoms with Gasteiger partial charge in [0.2, 0.25) is 0 Å². The van der Waals surface area contributed by atoms with Crippen molar-refractivity contribution in [3.05, 3.63) is 66.2 Å². The van der Waals surface area contributed by atoms with Crippen molar-refractivity contribution in [2.45, 2.75) is 39.5 Å². The van der Waals surface area contributed by atoms with Gasteiger partial charge in [-0.2, -0.15) is 0 Å². The zero-order valence-electron chi connectivity index (χ0n) is 20.2. The molecule has 0 spiro atoms. The summed E-state index contributed by atoms with van der Waals surface area (Å²) in [5.74, 6) is 1.02. The molecular formula is C28H33NO5. The van der Waals surface area contributed by atoms with E-state index in [9.17, 15) is 9.90 Å². The molecule has 3 aromatic carbocycles. The summed E-state index contributed by atoms with van der Waals surface area (Å²) in [6.07, 6.45) is -0.783.